The molecular formula is C18H15ClO4. The predicted octanol–water partition coefficient (Wildman–Crippen LogP) is 3.84. The van der Waals surface area contributed by atoms with Crippen molar-refractivity contribution < 1.29 is 19.0 Å². The first-order chi connectivity index (χ1) is 11.2. The molecule has 1 saturated carbocycles. The topological polar surface area (TPSA) is 44.8 Å². The maximum atomic E-state index is 12.5. The van der Waals surface area contributed by atoms with E-state index in [1.54, 1.807) is 0 Å². The number of hydrogen-bond donors (Lipinski definition) is 0. The first-order valence-electron chi connectivity index (χ1n) is 7.49. The first-order valence-corrected chi connectivity index (χ1v) is 7.87. The molecule has 2 aliphatic rings. The lowest BCUT2D eigenvalue weighted by molar-refractivity contribution is -0.148. The Hall–Kier alpha value is -2.20. The van der Waals surface area contributed by atoms with Gasteiger partial charge in [-0.3, -0.25) is 4.79 Å². The van der Waals surface area contributed by atoms with E-state index in [0.29, 0.717) is 10.8 Å². The molecule has 0 bridgehead atoms. The summed E-state index contributed by atoms with van der Waals surface area (Å²) in [4.78, 5) is 12.5. The van der Waals surface area contributed by atoms with E-state index in [0.717, 1.165) is 29.7 Å². The summed E-state index contributed by atoms with van der Waals surface area (Å²) in [6.07, 6.45) is 1.63. The molecule has 0 amide bonds. The van der Waals surface area contributed by atoms with Crippen molar-refractivity contribution in [2.24, 2.45) is 0 Å². The van der Waals surface area contributed by atoms with Gasteiger partial charge in [0.2, 0.25) is 6.79 Å². The van der Waals surface area contributed by atoms with Crippen LogP contribution in [-0.4, -0.2) is 12.8 Å². The number of rotatable bonds is 4. The van der Waals surface area contributed by atoms with Crippen LogP contribution in [0.15, 0.2) is 42.5 Å². The Morgan fingerprint density at radius 2 is 1.83 bits per heavy atom. The lowest BCUT2D eigenvalue weighted by Crippen LogP contribution is -2.23. The second-order valence-corrected chi connectivity index (χ2v) is 6.29. The molecule has 4 rings (SSSR count). The number of esters is 1. The third-order valence-corrected chi connectivity index (χ3v) is 4.60. The first kappa shape index (κ1) is 14.4. The van der Waals surface area contributed by atoms with Gasteiger partial charge >= 0.3 is 5.97 Å². The van der Waals surface area contributed by atoms with E-state index in [1.807, 2.05) is 42.5 Å². The Morgan fingerprint density at radius 3 is 2.57 bits per heavy atom. The van der Waals surface area contributed by atoms with Crippen LogP contribution in [0.1, 0.15) is 24.0 Å². The summed E-state index contributed by atoms with van der Waals surface area (Å²) in [5.74, 6) is 1.23. The Kier molecular flexibility index (Phi) is 3.42. The van der Waals surface area contributed by atoms with Crippen molar-refractivity contribution >= 4 is 17.6 Å². The van der Waals surface area contributed by atoms with Gasteiger partial charge in [-0.15, -0.1) is 0 Å². The lowest BCUT2D eigenvalue weighted by atomic mass is 9.96. The van der Waals surface area contributed by atoms with Crippen molar-refractivity contribution in [3.05, 3.63) is 58.6 Å². The summed E-state index contributed by atoms with van der Waals surface area (Å²) in [7, 11) is 0. The van der Waals surface area contributed by atoms with Gasteiger partial charge in [0.05, 0.1) is 5.41 Å². The Balaban J connectivity index is 1.45. The van der Waals surface area contributed by atoms with Gasteiger partial charge in [-0.2, -0.15) is 0 Å². The van der Waals surface area contributed by atoms with Crippen LogP contribution < -0.4 is 9.47 Å². The van der Waals surface area contributed by atoms with Crippen LogP contribution in [0, 0.1) is 0 Å². The number of carbonyl (C=O) groups is 1. The molecule has 0 aromatic heterocycles. The van der Waals surface area contributed by atoms with Crippen LogP contribution in [0.4, 0.5) is 0 Å². The number of hydrogen-bond acceptors (Lipinski definition) is 4. The second kappa shape index (κ2) is 5.46. The maximum absolute atomic E-state index is 12.5. The van der Waals surface area contributed by atoms with Gasteiger partial charge in [0.25, 0.3) is 0 Å². The van der Waals surface area contributed by atoms with Crippen molar-refractivity contribution in [3.63, 3.8) is 0 Å². The standard InChI is InChI=1S/C18H15ClO4/c19-14-4-2-13(3-5-14)18(7-8-18)17(20)21-10-12-1-6-15-16(9-12)23-11-22-15/h1-6,9H,7-8,10-11H2. The molecule has 1 fully saturated rings. The van der Waals surface area contributed by atoms with Crippen LogP contribution >= 0.6 is 11.6 Å². The zero-order chi connectivity index (χ0) is 15.9. The molecule has 1 heterocycles. The fourth-order valence-corrected chi connectivity index (χ4v) is 2.95. The number of ether oxygens (including phenoxy) is 3. The van der Waals surface area contributed by atoms with Gasteiger partial charge < -0.3 is 14.2 Å². The number of carbonyl (C=O) groups excluding carboxylic acids is 1. The highest BCUT2D eigenvalue weighted by atomic mass is 35.5. The van der Waals surface area contributed by atoms with Crippen LogP contribution in [-0.2, 0) is 21.6 Å². The zero-order valence-electron chi connectivity index (χ0n) is 12.4. The van der Waals surface area contributed by atoms with Crippen molar-refractivity contribution in [1.82, 2.24) is 0 Å². The number of fused-ring (bicyclic) bond motifs is 1. The Morgan fingerprint density at radius 1 is 1.09 bits per heavy atom. The number of halogens is 1. The highest BCUT2D eigenvalue weighted by Crippen LogP contribution is 2.49. The summed E-state index contributed by atoms with van der Waals surface area (Å²) in [6.45, 7) is 0.461. The molecule has 23 heavy (non-hydrogen) atoms. The number of benzene rings is 2. The molecule has 0 N–H and O–H groups in total. The van der Waals surface area contributed by atoms with Gasteiger partial charge in [0, 0.05) is 5.02 Å². The Labute approximate surface area is 138 Å². The van der Waals surface area contributed by atoms with Crippen molar-refractivity contribution in [1.29, 1.82) is 0 Å². The molecule has 0 radical (unpaired) electrons. The quantitative estimate of drug-likeness (QED) is 0.799. The average molecular weight is 331 g/mol. The van der Waals surface area contributed by atoms with Gasteiger partial charge in [0.1, 0.15) is 6.61 Å². The predicted molar refractivity (Wildman–Crippen MR) is 84.7 cm³/mol. The highest BCUT2D eigenvalue weighted by molar-refractivity contribution is 6.30. The highest BCUT2D eigenvalue weighted by Gasteiger charge is 2.52. The molecule has 0 unspecified atom stereocenters. The minimum atomic E-state index is -0.499. The molecule has 0 atom stereocenters. The summed E-state index contributed by atoms with van der Waals surface area (Å²) >= 11 is 5.91. The van der Waals surface area contributed by atoms with E-state index in [9.17, 15) is 4.79 Å². The fourth-order valence-electron chi connectivity index (χ4n) is 2.82. The lowest BCUT2D eigenvalue weighted by Gasteiger charge is -2.15. The molecule has 1 aliphatic heterocycles. The fraction of sp³-hybridized carbons (Fsp3) is 0.278. The molecule has 118 valence electrons. The van der Waals surface area contributed by atoms with E-state index in [1.165, 1.54) is 0 Å². The van der Waals surface area contributed by atoms with Gasteiger partial charge in [-0.1, -0.05) is 29.8 Å². The van der Waals surface area contributed by atoms with Crippen molar-refractivity contribution in [3.8, 4) is 11.5 Å². The van der Waals surface area contributed by atoms with E-state index in [2.05, 4.69) is 0 Å². The molecule has 0 spiro atoms. The Bertz CT molecular complexity index is 750. The zero-order valence-corrected chi connectivity index (χ0v) is 13.1. The summed E-state index contributed by atoms with van der Waals surface area (Å²) < 4.78 is 16.1. The summed E-state index contributed by atoms with van der Waals surface area (Å²) in [5.41, 5.74) is 1.35. The molecular weight excluding hydrogens is 316 g/mol. The smallest absolute Gasteiger partial charge is 0.316 e. The molecule has 2 aromatic rings. The summed E-state index contributed by atoms with van der Waals surface area (Å²) in [5, 5.41) is 0.665. The minimum Gasteiger partial charge on any atom is -0.460 e. The maximum Gasteiger partial charge on any atom is 0.316 e. The molecule has 5 heteroatoms. The third-order valence-electron chi connectivity index (χ3n) is 4.34. The van der Waals surface area contributed by atoms with Crippen molar-refractivity contribution in [2.45, 2.75) is 24.9 Å². The monoisotopic (exact) mass is 330 g/mol. The van der Waals surface area contributed by atoms with E-state index in [-0.39, 0.29) is 19.4 Å². The van der Waals surface area contributed by atoms with Gasteiger partial charge in [0.15, 0.2) is 11.5 Å². The van der Waals surface area contributed by atoms with Crippen LogP contribution in [0.25, 0.3) is 0 Å². The third kappa shape index (κ3) is 2.63. The van der Waals surface area contributed by atoms with Crippen LogP contribution in [0.5, 0.6) is 11.5 Å². The molecule has 2 aromatic carbocycles. The van der Waals surface area contributed by atoms with E-state index >= 15 is 0 Å². The summed E-state index contributed by atoms with van der Waals surface area (Å²) in [6, 6.07) is 13.0. The normalized spacial score (nSPS) is 16.9. The van der Waals surface area contributed by atoms with Gasteiger partial charge in [-0.25, -0.2) is 0 Å². The minimum absolute atomic E-state index is 0.183. The van der Waals surface area contributed by atoms with Crippen LogP contribution in [0.3, 0.4) is 0 Å². The molecule has 4 nitrogen and oxygen atoms in total. The second-order valence-electron chi connectivity index (χ2n) is 5.85. The van der Waals surface area contributed by atoms with E-state index in [4.69, 9.17) is 25.8 Å². The largest absolute Gasteiger partial charge is 0.460 e. The van der Waals surface area contributed by atoms with Crippen molar-refractivity contribution in [2.75, 3.05) is 6.79 Å². The SMILES string of the molecule is O=C(OCc1ccc2c(c1)OCO2)C1(c2ccc(Cl)cc2)CC1. The molecule has 0 saturated heterocycles. The average Bonchev–Trinajstić information content (AvgIpc) is 3.24. The van der Waals surface area contributed by atoms with E-state index < -0.39 is 5.41 Å². The van der Waals surface area contributed by atoms with Gasteiger partial charge in [-0.05, 0) is 48.2 Å². The van der Waals surface area contributed by atoms with Crippen LogP contribution in [0.2, 0.25) is 5.02 Å². The molecule has 1 aliphatic carbocycles.